The summed E-state index contributed by atoms with van der Waals surface area (Å²) in [6.45, 7) is 1.04. The van der Waals surface area contributed by atoms with Gasteiger partial charge in [0, 0.05) is 31.8 Å². The third-order valence-corrected chi connectivity index (χ3v) is 5.05. The lowest BCUT2D eigenvalue weighted by atomic mass is 10.2. The molecule has 112 valence electrons. The smallest absolute Gasteiger partial charge is 0.269 e. The van der Waals surface area contributed by atoms with E-state index < -0.39 is 21.0 Å². The van der Waals surface area contributed by atoms with E-state index >= 15 is 0 Å². The Morgan fingerprint density at radius 1 is 1.43 bits per heavy atom. The maximum Gasteiger partial charge on any atom is 0.269 e. The monoisotopic (exact) mass is 310 g/mol. The topological polar surface area (TPSA) is 116 Å². The molecule has 1 aliphatic rings. The van der Waals surface area contributed by atoms with Crippen LogP contribution in [0.4, 0.5) is 5.69 Å². The highest BCUT2D eigenvalue weighted by Crippen LogP contribution is 2.18. The van der Waals surface area contributed by atoms with Crippen molar-refractivity contribution >= 4 is 15.7 Å². The number of nitrogens with one attached hydrogen (secondary N) is 1. The number of non-ortho nitro benzene ring substituents is 1. The van der Waals surface area contributed by atoms with Crippen molar-refractivity contribution < 1.29 is 13.3 Å². The van der Waals surface area contributed by atoms with Crippen LogP contribution in [0.5, 0.6) is 0 Å². The number of benzene rings is 1. The zero-order chi connectivity index (χ0) is 15.5. The van der Waals surface area contributed by atoms with Gasteiger partial charge in [0.25, 0.3) is 5.69 Å². The molecule has 0 bridgehead atoms. The van der Waals surface area contributed by atoms with Gasteiger partial charge in [0.2, 0.25) is 10.0 Å². The SMILES string of the molecule is N#CC1CNCCN1S(=O)(=O)Cc1ccc([N+](=O)[O-])cc1. The molecule has 9 heteroatoms. The molecule has 0 aliphatic carbocycles. The Balaban J connectivity index is 2.17. The fourth-order valence-corrected chi connectivity index (χ4v) is 3.79. The third-order valence-electron chi connectivity index (χ3n) is 3.20. The van der Waals surface area contributed by atoms with E-state index in [0.717, 1.165) is 0 Å². The molecule has 1 aromatic rings. The second-order valence-corrected chi connectivity index (χ2v) is 6.56. The van der Waals surface area contributed by atoms with Crippen LogP contribution in [0.25, 0.3) is 0 Å². The average molecular weight is 310 g/mol. The summed E-state index contributed by atoms with van der Waals surface area (Å²) in [5.41, 5.74) is 0.365. The normalized spacial score (nSPS) is 19.9. The Morgan fingerprint density at radius 3 is 2.67 bits per heavy atom. The summed E-state index contributed by atoms with van der Waals surface area (Å²) in [5.74, 6) is -0.275. The number of sulfonamides is 1. The van der Waals surface area contributed by atoms with E-state index in [1.54, 1.807) is 0 Å². The molecule has 0 radical (unpaired) electrons. The Labute approximate surface area is 122 Å². The Bertz CT molecular complexity index is 665. The van der Waals surface area contributed by atoms with E-state index in [0.29, 0.717) is 18.7 Å². The van der Waals surface area contributed by atoms with Gasteiger partial charge in [0.1, 0.15) is 6.04 Å². The van der Waals surface area contributed by atoms with Gasteiger partial charge in [-0.2, -0.15) is 9.57 Å². The van der Waals surface area contributed by atoms with Gasteiger partial charge < -0.3 is 5.32 Å². The van der Waals surface area contributed by atoms with Crippen LogP contribution in [0.2, 0.25) is 0 Å². The summed E-state index contributed by atoms with van der Waals surface area (Å²) < 4.78 is 25.9. The van der Waals surface area contributed by atoms with Gasteiger partial charge in [-0.3, -0.25) is 10.1 Å². The summed E-state index contributed by atoms with van der Waals surface area (Å²) in [6, 6.07) is 6.61. The molecule has 0 saturated carbocycles. The summed E-state index contributed by atoms with van der Waals surface area (Å²) in [5, 5.41) is 22.5. The van der Waals surface area contributed by atoms with Gasteiger partial charge in [-0.25, -0.2) is 8.42 Å². The van der Waals surface area contributed by atoms with Crippen molar-refractivity contribution in [3.63, 3.8) is 0 Å². The minimum absolute atomic E-state index is 0.0896. The van der Waals surface area contributed by atoms with Crippen LogP contribution in [0.15, 0.2) is 24.3 Å². The number of nitrogens with zero attached hydrogens (tertiary/aromatic N) is 3. The Hall–Kier alpha value is -2.02. The molecule has 1 saturated heterocycles. The first-order valence-electron chi connectivity index (χ1n) is 6.27. The van der Waals surface area contributed by atoms with Crippen LogP contribution in [0.3, 0.4) is 0 Å². The first-order valence-corrected chi connectivity index (χ1v) is 7.88. The predicted molar refractivity (Wildman–Crippen MR) is 74.7 cm³/mol. The van der Waals surface area contributed by atoms with E-state index in [1.165, 1.54) is 28.6 Å². The fraction of sp³-hybridized carbons (Fsp3) is 0.417. The molecular weight excluding hydrogens is 296 g/mol. The third kappa shape index (κ3) is 3.55. The van der Waals surface area contributed by atoms with Crippen molar-refractivity contribution in [3.8, 4) is 6.07 Å². The summed E-state index contributed by atoms with van der Waals surface area (Å²) >= 11 is 0. The van der Waals surface area contributed by atoms with Crippen LogP contribution in [0.1, 0.15) is 5.56 Å². The van der Waals surface area contributed by atoms with Crippen molar-refractivity contribution in [1.82, 2.24) is 9.62 Å². The zero-order valence-electron chi connectivity index (χ0n) is 11.1. The molecule has 1 heterocycles. The number of nitro groups is 1. The van der Waals surface area contributed by atoms with Gasteiger partial charge in [-0.05, 0) is 5.56 Å². The molecule has 1 N–H and O–H groups in total. The highest BCUT2D eigenvalue weighted by atomic mass is 32.2. The lowest BCUT2D eigenvalue weighted by Gasteiger charge is -2.30. The Kier molecular flexibility index (Phi) is 4.52. The first-order chi connectivity index (χ1) is 9.94. The van der Waals surface area contributed by atoms with Crippen LogP contribution < -0.4 is 5.32 Å². The average Bonchev–Trinajstić information content (AvgIpc) is 2.47. The minimum atomic E-state index is -3.63. The second-order valence-electron chi connectivity index (χ2n) is 4.64. The van der Waals surface area contributed by atoms with E-state index in [9.17, 15) is 18.5 Å². The van der Waals surface area contributed by atoms with Gasteiger partial charge >= 0.3 is 0 Å². The highest BCUT2D eigenvalue weighted by molar-refractivity contribution is 7.88. The van der Waals surface area contributed by atoms with Gasteiger partial charge in [0.05, 0.1) is 16.7 Å². The number of rotatable bonds is 4. The van der Waals surface area contributed by atoms with Gasteiger partial charge in [-0.1, -0.05) is 12.1 Å². The van der Waals surface area contributed by atoms with Crippen molar-refractivity contribution in [2.24, 2.45) is 0 Å². The molecule has 1 atom stereocenters. The van der Waals surface area contributed by atoms with Crippen LogP contribution in [-0.2, 0) is 15.8 Å². The van der Waals surface area contributed by atoms with Crippen LogP contribution in [-0.4, -0.2) is 43.3 Å². The maximum absolute atomic E-state index is 12.4. The molecule has 2 rings (SSSR count). The lowest BCUT2D eigenvalue weighted by Crippen LogP contribution is -2.53. The summed E-state index contributed by atoms with van der Waals surface area (Å²) in [4.78, 5) is 10.0. The number of hydrogen-bond donors (Lipinski definition) is 1. The molecule has 0 spiro atoms. The number of hydrogen-bond acceptors (Lipinski definition) is 6. The molecule has 1 aliphatic heterocycles. The summed E-state index contributed by atoms with van der Waals surface area (Å²) in [7, 11) is -3.63. The zero-order valence-corrected chi connectivity index (χ0v) is 11.9. The predicted octanol–water partition coefficient (Wildman–Crippen LogP) is 0.222. The fourth-order valence-electron chi connectivity index (χ4n) is 2.14. The van der Waals surface area contributed by atoms with Crippen molar-refractivity contribution in [1.29, 1.82) is 5.26 Å². The number of nitro benzene ring substituents is 1. The maximum atomic E-state index is 12.4. The summed E-state index contributed by atoms with van der Waals surface area (Å²) in [6.07, 6.45) is 0. The number of piperazine rings is 1. The second kappa shape index (κ2) is 6.17. The standard InChI is InChI=1S/C12H14N4O4S/c13-7-12-8-14-5-6-15(12)21(19,20)9-10-1-3-11(4-2-10)16(17)18/h1-4,12,14H,5-6,8-9H2. The molecule has 1 aromatic carbocycles. The van der Waals surface area contributed by atoms with Crippen LogP contribution >= 0.6 is 0 Å². The molecule has 21 heavy (non-hydrogen) atoms. The van der Waals surface area contributed by atoms with E-state index in [-0.39, 0.29) is 18.0 Å². The number of nitriles is 1. The van der Waals surface area contributed by atoms with Crippen molar-refractivity contribution in [2.45, 2.75) is 11.8 Å². The molecule has 0 aromatic heterocycles. The Morgan fingerprint density at radius 2 is 2.10 bits per heavy atom. The van der Waals surface area contributed by atoms with Crippen molar-refractivity contribution in [2.75, 3.05) is 19.6 Å². The minimum Gasteiger partial charge on any atom is -0.313 e. The van der Waals surface area contributed by atoms with E-state index in [4.69, 9.17) is 5.26 Å². The highest BCUT2D eigenvalue weighted by Gasteiger charge is 2.32. The van der Waals surface area contributed by atoms with E-state index in [2.05, 4.69) is 5.32 Å². The molecule has 1 unspecified atom stereocenters. The largest absolute Gasteiger partial charge is 0.313 e. The first kappa shape index (κ1) is 15.4. The lowest BCUT2D eigenvalue weighted by molar-refractivity contribution is -0.384. The van der Waals surface area contributed by atoms with Gasteiger partial charge in [-0.15, -0.1) is 0 Å². The molecule has 0 amide bonds. The van der Waals surface area contributed by atoms with Crippen LogP contribution in [0, 0.1) is 21.4 Å². The quantitative estimate of drug-likeness (QED) is 0.628. The molecular formula is C12H14N4O4S. The molecule has 1 fully saturated rings. The molecule has 8 nitrogen and oxygen atoms in total. The van der Waals surface area contributed by atoms with Crippen molar-refractivity contribution in [3.05, 3.63) is 39.9 Å². The van der Waals surface area contributed by atoms with E-state index in [1.807, 2.05) is 6.07 Å². The van der Waals surface area contributed by atoms with Gasteiger partial charge in [0.15, 0.2) is 0 Å².